The van der Waals surface area contributed by atoms with Gasteiger partial charge in [0.1, 0.15) is 10.7 Å². The quantitative estimate of drug-likeness (QED) is 0.743. The number of ether oxygens (including phenoxy) is 1. The molecule has 0 unspecified atom stereocenters. The van der Waals surface area contributed by atoms with E-state index in [-0.39, 0.29) is 10.9 Å². The summed E-state index contributed by atoms with van der Waals surface area (Å²) in [6, 6.07) is 12.9. The molecular weight excluding hydrogens is 402 g/mol. The fourth-order valence-corrected chi connectivity index (χ4v) is 5.07. The number of rotatable bonds is 6. The number of anilines is 1. The van der Waals surface area contributed by atoms with Gasteiger partial charge in [-0.05, 0) is 36.2 Å². The molecule has 2 aliphatic heterocycles. The van der Waals surface area contributed by atoms with Gasteiger partial charge in [0, 0.05) is 45.0 Å². The fourth-order valence-electron chi connectivity index (χ4n) is 3.87. The maximum atomic E-state index is 12.8. The minimum atomic E-state index is -3.62. The van der Waals surface area contributed by atoms with Crippen LogP contribution < -0.4 is 9.62 Å². The normalized spacial score (nSPS) is 20.2. The molecule has 2 aromatic rings. The van der Waals surface area contributed by atoms with Crippen molar-refractivity contribution in [3.8, 4) is 6.07 Å². The van der Waals surface area contributed by atoms with Crippen molar-refractivity contribution < 1.29 is 13.2 Å². The van der Waals surface area contributed by atoms with Gasteiger partial charge in [0.25, 0.3) is 0 Å². The molecule has 1 aromatic heterocycles. The Morgan fingerprint density at radius 1 is 1.20 bits per heavy atom. The maximum Gasteiger partial charge on any atom is 0.242 e. The number of likely N-dealkylation sites (tertiary alicyclic amines) is 1. The van der Waals surface area contributed by atoms with Gasteiger partial charge in [-0.15, -0.1) is 0 Å². The molecule has 0 aliphatic carbocycles. The molecule has 1 aromatic carbocycles. The van der Waals surface area contributed by atoms with Crippen LogP contribution in [-0.4, -0.2) is 63.7 Å². The lowest BCUT2D eigenvalue weighted by Crippen LogP contribution is -2.37. The second kappa shape index (κ2) is 9.10. The molecular formula is C21H25N5O3S. The van der Waals surface area contributed by atoms with Crippen molar-refractivity contribution in [1.29, 1.82) is 5.26 Å². The number of pyridine rings is 1. The Hall–Kier alpha value is -2.51. The molecule has 0 bridgehead atoms. The van der Waals surface area contributed by atoms with Gasteiger partial charge in [-0.1, -0.05) is 12.1 Å². The van der Waals surface area contributed by atoms with Crippen LogP contribution in [0.3, 0.4) is 0 Å². The lowest BCUT2D eigenvalue weighted by molar-refractivity contribution is 0.122. The Morgan fingerprint density at radius 2 is 2.03 bits per heavy atom. The van der Waals surface area contributed by atoms with Crippen molar-refractivity contribution in [3.63, 3.8) is 0 Å². The molecule has 0 saturated carbocycles. The van der Waals surface area contributed by atoms with Crippen molar-refractivity contribution in [2.45, 2.75) is 23.9 Å². The summed E-state index contributed by atoms with van der Waals surface area (Å²) in [5, 5.41) is 9.04. The molecule has 30 heavy (non-hydrogen) atoms. The number of nitriles is 1. The highest BCUT2D eigenvalue weighted by Gasteiger charge is 2.27. The summed E-state index contributed by atoms with van der Waals surface area (Å²) < 4.78 is 33.7. The number of hydrogen-bond donors (Lipinski definition) is 1. The lowest BCUT2D eigenvalue weighted by Gasteiger charge is -2.27. The first kappa shape index (κ1) is 20.8. The van der Waals surface area contributed by atoms with E-state index in [1.54, 1.807) is 18.2 Å². The van der Waals surface area contributed by atoms with Crippen LogP contribution in [-0.2, 0) is 21.3 Å². The first-order chi connectivity index (χ1) is 14.5. The van der Waals surface area contributed by atoms with Crippen molar-refractivity contribution in [3.05, 3.63) is 53.7 Å². The molecule has 3 heterocycles. The number of benzene rings is 1. The summed E-state index contributed by atoms with van der Waals surface area (Å²) in [5.74, 6) is 0.767. The van der Waals surface area contributed by atoms with Gasteiger partial charge >= 0.3 is 0 Å². The van der Waals surface area contributed by atoms with Crippen molar-refractivity contribution in [1.82, 2.24) is 14.6 Å². The van der Waals surface area contributed by atoms with Crippen LogP contribution in [0.5, 0.6) is 0 Å². The Balaban J connectivity index is 1.35. The van der Waals surface area contributed by atoms with E-state index in [0.29, 0.717) is 31.9 Å². The SMILES string of the molecule is N#Cc1cccc(CN2CC[C@H](NS(=O)(=O)c3ccc(N4CCOCC4)nc3)C2)c1. The van der Waals surface area contributed by atoms with E-state index < -0.39 is 10.0 Å². The number of aromatic nitrogens is 1. The van der Waals surface area contributed by atoms with Gasteiger partial charge in [0.15, 0.2) is 0 Å². The topological polar surface area (TPSA) is 98.6 Å². The molecule has 8 nitrogen and oxygen atoms in total. The van der Waals surface area contributed by atoms with Crippen LogP contribution in [0.25, 0.3) is 0 Å². The van der Waals surface area contributed by atoms with E-state index >= 15 is 0 Å². The predicted octanol–water partition coefficient (Wildman–Crippen LogP) is 1.34. The third kappa shape index (κ3) is 4.96. The number of nitrogens with zero attached hydrogens (tertiary/aromatic N) is 4. The zero-order valence-electron chi connectivity index (χ0n) is 16.7. The average molecular weight is 428 g/mol. The number of morpholine rings is 1. The minimum Gasteiger partial charge on any atom is -0.378 e. The largest absolute Gasteiger partial charge is 0.378 e. The Bertz CT molecular complexity index is 1010. The summed E-state index contributed by atoms with van der Waals surface area (Å²) in [6.07, 6.45) is 2.17. The van der Waals surface area contributed by atoms with Gasteiger partial charge in [-0.2, -0.15) is 5.26 Å². The van der Waals surface area contributed by atoms with Crippen molar-refractivity contribution >= 4 is 15.8 Å². The van der Waals surface area contributed by atoms with Gasteiger partial charge in [-0.3, -0.25) is 4.90 Å². The van der Waals surface area contributed by atoms with Gasteiger partial charge in [-0.25, -0.2) is 18.1 Å². The Kier molecular flexibility index (Phi) is 6.29. The third-order valence-electron chi connectivity index (χ3n) is 5.42. The second-order valence-corrected chi connectivity index (χ2v) is 9.32. The molecule has 0 spiro atoms. The third-order valence-corrected chi connectivity index (χ3v) is 6.93. The number of hydrogen-bond acceptors (Lipinski definition) is 7. The lowest BCUT2D eigenvalue weighted by atomic mass is 10.1. The smallest absolute Gasteiger partial charge is 0.242 e. The highest BCUT2D eigenvalue weighted by molar-refractivity contribution is 7.89. The molecule has 1 atom stereocenters. The van der Waals surface area contributed by atoms with Crippen molar-refractivity contribution in [2.24, 2.45) is 0 Å². The monoisotopic (exact) mass is 427 g/mol. The molecule has 2 aliphatic rings. The van der Waals surface area contributed by atoms with Gasteiger partial charge < -0.3 is 9.64 Å². The van der Waals surface area contributed by atoms with Crippen LogP contribution in [0, 0.1) is 11.3 Å². The molecule has 2 fully saturated rings. The molecule has 0 radical (unpaired) electrons. The average Bonchev–Trinajstić information content (AvgIpc) is 3.20. The van der Waals surface area contributed by atoms with Crippen LogP contribution in [0.1, 0.15) is 17.5 Å². The Labute approximate surface area is 177 Å². The zero-order valence-corrected chi connectivity index (χ0v) is 17.5. The van der Waals surface area contributed by atoms with Crippen LogP contribution in [0.4, 0.5) is 5.82 Å². The van der Waals surface area contributed by atoms with E-state index in [1.165, 1.54) is 6.20 Å². The van der Waals surface area contributed by atoms with Gasteiger partial charge in [0.05, 0.1) is 24.8 Å². The molecule has 0 amide bonds. The first-order valence-electron chi connectivity index (χ1n) is 10.1. The summed E-state index contributed by atoms with van der Waals surface area (Å²) in [5.41, 5.74) is 1.69. The standard InChI is InChI=1S/C21H25N5O3S/c22-13-17-2-1-3-18(12-17)15-25-7-6-19(16-25)24-30(27,28)20-4-5-21(23-14-20)26-8-10-29-11-9-26/h1-5,12,14,19,24H,6-11,15-16H2/t19-/m0/s1. The fraction of sp³-hybridized carbons (Fsp3) is 0.429. The van der Waals surface area contributed by atoms with E-state index in [2.05, 4.69) is 25.6 Å². The van der Waals surface area contributed by atoms with E-state index in [1.807, 2.05) is 18.2 Å². The second-order valence-electron chi connectivity index (χ2n) is 7.61. The Morgan fingerprint density at radius 3 is 2.77 bits per heavy atom. The highest BCUT2D eigenvalue weighted by Crippen LogP contribution is 2.19. The molecule has 2 saturated heterocycles. The van der Waals surface area contributed by atoms with Crippen LogP contribution >= 0.6 is 0 Å². The summed E-state index contributed by atoms with van der Waals surface area (Å²) in [7, 11) is -3.62. The van der Waals surface area contributed by atoms with E-state index in [0.717, 1.165) is 37.4 Å². The highest BCUT2D eigenvalue weighted by atomic mass is 32.2. The molecule has 4 rings (SSSR count). The molecule has 158 valence electrons. The molecule has 1 N–H and O–H groups in total. The number of sulfonamides is 1. The predicted molar refractivity (Wildman–Crippen MR) is 112 cm³/mol. The van der Waals surface area contributed by atoms with E-state index in [9.17, 15) is 8.42 Å². The number of nitrogens with one attached hydrogen (secondary N) is 1. The maximum absolute atomic E-state index is 12.8. The van der Waals surface area contributed by atoms with Crippen LogP contribution in [0.2, 0.25) is 0 Å². The van der Waals surface area contributed by atoms with E-state index in [4.69, 9.17) is 10.00 Å². The zero-order chi connectivity index (χ0) is 21.0. The molecule has 9 heteroatoms. The van der Waals surface area contributed by atoms with Crippen LogP contribution in [0.15, 0.2) is 47.5 Å². The first-order valence-corrected chi connectivity index (χ1v) is 11.5. The summed E-state index contributed by atoms with van der Waals surface area (Å²) >= 11 is 0. The minimum absolute atomic E-state index is 0.145. The summed E-state index contributed by atoms with van der Waals surface area (Å²) in [4.78, 5) is 8.81. The van der Waals surface area contributed by atoms with Crippen molar-refractivity contribution in [2.75, 3.05) is 44.3 Å². The summed E-state index contributed by atoms with van der Waals surface area (Å²) in [6.45, 7) is 4.96. The van der Waals surface area contributed by atoms with Gasteiger partial charge in [0.2, 0.25) is 10.0 Å².